The van der Waals surface area contributed by atoms with Crippen molar-refractivity contribution in [3.63, 3.8) is 0 Å². The first-order chi connectivity index (χ1) is 8.06. The van der Waals surface area contributed by atoms with Crippen LogP contribution in [0.4, 0.5) is 0 Å². The molecule has 1 amide bonds. The SMILES string of the molecule is CCc1occc1C(=O)NCC(N)(CC)CC. The third-order valence-corrected chi connectivity index (χ3v) is 3.32. The molecule has 0 aromatic carbocycles. The highest BCUT2D eigenvalue weighted by molar-refractivity contribution is 5.95. The fraction of sp³-hybridized carbons (Fsp3) is 0.615. The van der Waals surface area contributed by atoms with Crippen molar-refractivity contribution in [3.8, 4) is 0 Å². The first-order valence-corrected chi connectivity index (χ1v) is 6.19. The van der Waals surface area contributed by atoms with Gasteiger partial charge in [-0.15, -0.1) is 0 Å². The van der Waals surface area contributed by atoms with E-state index in [-0.39, 0.29) is 11.4 Å². The van der Waals surface area contributed by atoms with Gasteiger partial charge in [-0.1, -0.05) is 20.8 Å². The van der Waals surface area contributed by atoms with Crippen molar-refractivity contribution in [2.45, 2.75) is 45.6 Å². The lowest BCUT2D eigenvalue weighted by atomic mass is 9.94. The number of furan rings is 1. The van der Waals surface area contributed by atoms with Crippen molar-refractivity contribution in [3.05, 3.63) is 23.7 Å². The molecule has 96 valence electrons. The highest BCUT2D eigenvalue weighted by Crippen LogP contribution is 2.13. The fourth-order valence-corrected chi connectivity index (χ4v) is 1.67. The predicted octanol–water partition coefficient (Wildman–Crippen LogP) is 2.09. The van der Waals surface area contributed by atoms with Crippen LogP contribution in [-0.2, 0) is 6.42 Å². The summed E-state index contributed by atoms with van der Waals surface area (Å²) in [6.07, 6.45) is 3.94. The van der Waals surface area contributed by atoms with E-state index in [2.05, 4.69) is 5.32 Å². The van der Waals surface area contributed by atoms with Gasteiger partial charge in [0, 0.05) is 18.5 Å². The average Bonchev–Trinajstić information content (AvgIpc) is 2.83. The zero-order valence-corrected chi connectivity index (χ0v) is 10.9. The van der Waals surface area contributed by atoms with E-state index in [9.17, 15) is 4.79 Å². The Morgan fingerprint density at radius 2 is 2.06 bits per heavy atom. The Bertz CT molecular complexity index is 367. The summed E-state index contributed by atoms with van der Waals surface area (Å²) in [7, 11) is 0. The smallest absolute Gasteiger partial charge is 0.254 e. The second-order valence-electron chi connectivity index (χ2n) is 4.36. The van der Waals surface area contributed by atoms with Crippen LogP contribution >= 0.6 is 0 Å². The molecular weight excluding hydrogens is 216 g/mol. The van der Waals surface area contributed by atoms with E-state index in [1.54, 1.807) is 12.3 Å². The van der Waals surface area contributed by atoms with Crippen molar-refractivity contribution in [2.24, 2.45) is 5.73 Å². The summed E-state index contributed by atoms with van der Waals surface area (Å²) in [5.41, 5.74) is 6.43. The number of hydrogen-bond acceptors (Lipinski definition) is 3. The molecule has 0 atom stereocenters. The number of carbonyl (C=O) groups is 1. The Morgan fingerprint density at radius 1 is 1.41 bits per heavy atom. The Labute approximate surface area is 103 Å². The summed E-state index contributed by atoms with van der Waals surface area (Å²) >= 11 is 0. The molecule has 0 unspecified atom stereocenters. The fourth-order valence-electron chi connectivity index (χ4n) is 1.67. The van der Waals surface area contributed by atoms with Gasteiger partial charge in [0.1, 0.15) is 5.76 Å². The minimum absolute atomic E-state index is 0.104. The summed E-state index contributed by atoms with van der Waals surface area (Å²) < 4.78 is 5.23. The second kappa shape index (κ2) is 5.87. The Kier molecular flexibility index (Phi) is 4.75. The van der Waals surface area contributed by atoms with Crippen molar-refractivity contribution in [1.82, 2.24) is 5.32 Å². The van der Waals surface area contributed by atoms with Crippen LogP contribution in [0, 0.1) is 0 Å². The molecule has 4 heteroatoms. The van der Waals surface area contributed by atoms with Crippen LogP contribution in [0.25, 0.3) is 0 Å². The molecule has 1 rings (SSSR count). The van der Waals surface area contributed by atoms with E-state index in [0.717, 1.165) is 18.6 Å². The zero-order chi connectivity index (χ0) is 12.9. The average molecular weight is 238 g/mol. The monoisotopic (exact) mass is 238 g/mol. The van der Waals surface area contributed by atoms with Crippen molar-refractivity contribution >= 4 is 5.91 Å². The van der Waals surface area contributed by atoms with Crippen LogP contribution in [0.1, 0.15) is 49.7 Å². The van der Waals surface area contributed by atoms with Gasteiger partial charge in [-0.2, -0.15) is 0 Å². The summed E-state index contributed by atoms with van der Waals surface area (Å²) in [5.74, 6) is 0.616. The molecule has 1 aromatic rings. The first-order valence-electron chi connectivity index (χ1n) is 6.19. The van der Waals surface area contributed by atoms with Gasteiger partial charge in [-0.05, 0) is 18.9 Å². The molecule has 3 N–H and O–H groups in total. The third-order valence-electron chi connectivity index (χ3n) is 3.32. The molecule has 4 nitrogen and oxygen atoms in total. The van der Waals surface area contributed by atoms with E-state index >= 15 is 0 Å². The molecule has 0 radical (unpaired) electrons. The van der Waals surface area contributed by atoms with E-state index in [1.165, 1.54) is 0 Å². The number of nitrogens with two attached hydrogens (primary N) is 1. The van der Waals surface area contributed by atoms with Crippen LogP contribution in [0.2, 0.25) is 0 Å². The van der Waals surface area contributed by atoms with Crippen molar-refractivity contribution in [1.29, 1.82) is 0 Å². The van der Waals surface area contributed by atoms with Gasteiger partial charge in [0.25, 0.3) is 5.91 Å². The number of aryl methyl sites for hydroxylation is 1. The van der Waals surface area contributed by atoms with Crippen LogP contribution in [0.5, 0.6) is 0 Å². The largest absolute Gasteiger partial charge is 0.469 e. The maximum atomic E-state index is 11.9. The minimum Gasteiger partial charge on any atom is -0.469 e. The first kappa shape index (κ1) is 13.8. The zero-order valence-electron chi connectivity index (χ0n) is 10.9. The topological polar surface area (TPSA) is 68.3 Å². The lowest BCUT2D eigenvalue weighted by Gasteiger charge is -2.26. The van der Waals surface area contributed by atoms with Crippen molar-refractivity contribution < 1.29 is 9.21 Å². The maximum Gasteiger partial charge on any atom is 0.254 e. The Balaban J connectivity index is 2.62. The van der Waals surface area contributed by atoms with Crippen LogP contribution < -0.4 is 11.1 Å². The molecule has 0 saturated carbocycles. The van der Waals surface area contributed by atoms with Gasteiger partial charge in [0.2, 0.25) is 0 Å². The summed E-state index contributed by atoms with van der Waals surface area (Å²) in [4.78, 5) is 11.9. The van der Waals surface area contributed by atoms with E-state index in [0.29, 0.717) is 18.5 Å². The van der Waals surface area contributed by atoms with Crippen LogP contribution in [-0.4, -0.2) is 18.0 Å². The molecule has 1 heterocycles. The van der Waals surface area contributed by atoms with Gasteiger partial charge < -0.3 is 15.5 Å². The quantitative estimate of drug-likeness (QED) is 0.797. The lowest BCUT2D eigenvalue weighted by molar-refractivity contribution is 0.0940. The third kappa shape index (κ3) is 3.33. The normalized spacial score (nSPS) is 11.5. The van der Waals surface area contributed by atoms with E-state index in [4.69, 9.17) is 10.2 Å². The molecular formula is C13H22N2O2. The van der Waals surface area contributed by atoms with Gasteiger partial charge in [0.05, 0.1) is 11.8 Å². The number of carbonyl (C=O) groups excluding carboxylic acids is 1. The van der Waals surface area contributed by atoms with E-state index < -0.39 is 0 Å². The molecule has 0 spiro atoms. The minimum atomic E-state index is -0.314. The molecule has 1 aromatic heterocycles. The molecule has 17 heavy (non-hydrogen) atoms. The summed E-state index contributed by atoms with van der Waals surface area (Å²) in [5, 5.41) is 2.88. The molecule has 0 fully saturated rings. The van der Waals surface area contributed by atoms with Gasteiger partial charge in [0.15, 0.2) is 0 Å². The lowest BCUT2D eigenvalue weighted by Crippen LogP contribution is -2.49. The maximum absolute atomic E-state index is 11.9. The molecule has 0 aliphatic carbocycles. The molecule has 0 aliphatic heterocycles. The predicted molar refractivity (Wildman–Crippen MR) is 67.9 cm³/mol. The van der Waals surface area contributed by atoms with Gasteiger partial charge >= 0.3 is 0 Å². The Morgan fingerprint density at radius 3 is 2.59 bits per heavy atom. The number of amides is 1. The summed E-state index contributed by atoms with van der Waals surface area (Å²) in [6.45, 7) is 6.52. The summed E-state index contributed by atoms with van der Waals surface area (Å²) in [6, 6.07) is 1.70. The number of nitrogens with one attached hydrogen (secondary N) is 1. The van der Waals surface area contributed by atoms with Crippen LogP contribution in [0.3, 0.4) is 0 Å². The highest BCUT2D eigenvalue weighted by atomic mass is 16.3. The highest BCUT2D eigenvalue weighted by Gasteiger charge is 2.22. The van der Waals surface area contributed by atoms with Crippen LogP contribution in [0.15, 0.2) is 16.7 Å². The van der Waals surface area contributed by atoms with Crippen molar-refractivity contribution in [2.75, 3.05) is 6.54 Å². The standard InChI is InChI=1S/C13H22N2O2/c1-4-11-10(7-8-17-11)12(16)15-9-13(14,5-2)6-3/h7-8H,4-6,9,14H2,1-3H3,(H,15,16). The number of hydrogen-bond donors (Lipinski definition) is 2. The molecule has 0 aliphatic rings. The molecule has 0 bridgehead atoms. The van der Waals surface area contributed by atoms with E-state index in [1.807, 2.05) is 20.8 Å². The van der Waals surface area contributed by atoms with Gasteiger partial charge in [-0.3, -0.25) is 4.79 Å². The Hall–Kier alpha value is -1.29. The van der Waals surface area contributed by atoms with Gasteiger partial charge in [-0.25, -0.2) is 0 Å². The second-order valence-corrected chi connectivity index (χ2v) is 4.36. The molecule has 0 saturated heterocycles. The number of rotatable bonds is 6.